The Morgan fingerprint density at radius 1 is 1.43 bits per heavy atom. The van der Waals surface area contributed by atoms with Crippen molar-refractivity contribution in [2.24, 2.45) is 5.10 Å². The van der Waals surface area contributed by atoms with Crippen LogP contribution in [-0.2, 0) is 0 Å². The van der Waals surface area contributed by atoms with Crippen molar-refractivity contribution in [1.29, 1.82) is 0 Å². The van der Waals surface area contributed by atoms with E-state index in [0.29, 0.717) is 11.5 Å². The van der Waals surface area contributed by atoms with Crippen molar-refractivity contribution in [2.75, 3.05) is 29.3 Å². The monoisotopic (exact) mass is 289 g/mol. The molecule has 0 bridgehead atoms. The SMILES string of the molecule is CCN(CC)c1ccc(/C=N/Nc2nncn2N)c(O)c1. The Morgan fingerprint density at radius 2 is 2.19 bits per heavy atom. The highest BCUT2D eigenvalue weighted by atomic mass is 16.3. The molecule has 8 heteroatoms. The molecule has 0 aliphatic carbocycles. The van der Waals surface area contributed by atoms with E-state index in [1.807, 2.05) is 6.07 Å². The van der Waals surface area contributed by atoms with Crippen LogP contribution in [0, 0.1) is 0 Å². The van der Waals surface area contributed by atoms with Gasteiger partial charge in [-0.1, -0.05) is 0 Å². The first kappa shape index (κ1) is 14.6. The molecule has 4 N–H and O–H groups in total. The summed E-state index contributed by atoms with van der Waals surface area (Å²) in [7, 11) is 0. The molecule has 0 saturated heterocycles. The van der Waals surface area contributed by atoms with E-state index >= 15 is 0 Å². The molecule has 0 amide bonds. The Labute approximate surface area is 122 Å². The fraction of sp³-hybridized carbons (Fsp3) is 0.308. The zero-order valence-corrected chi connectivity index (χ0v) is 12.1. The maximum Gasteiger partial charge on any atom is 0.263 e. The van der Waals surface area contributed by atoms with Crippen LogP contribution < -0.4 is 16.2 Å². The summed E-state index contributed by atoms with van der Waals surface area (Å²) in [4.78, 5) is 2.15. The van der Waals surface area contributed by atoms with Gasteiger partial charge in [0, 0.05) is 30.4 Å². The molecule has 1 aromatic carbocycles. The van der Waals surface area contributed by atoms with Crippen LogP contribution in [-0.4, -0.2) is 39.3 Å². The van der Waals surface area contributed by atoms with Crippen LogP contribution in [0.3, 0.4) is 0 Å². The average molecular weight is 289 g/mol. The number of phenols is 1. The largest absolute Gasteiger partial charge is 0.507 e. The van der Waals surface area contributed by atoms with Crippen LogP contribution in [0.1, 0.15) is 19.4 Å². The quantitative estimate of drug-likeness (QED) is 0.416. The standard InChI is InChI=1S/C13H19N7O/c1-3-19(4-2)11-6-5-10(12(21)7-11)8-15-17-13-18-16-9-20(13)14/h5-9,21H,3-4,14H2,1-2H3,(H,17,18)/b15-8+. The van der Waals surface area contributed by atoms with Gasteiger partial charge in [-0.25, -0.2) is 10.1 Å². The van der Waals surface area contributed by atoms with Crippen molar-refractivity contribution in [3.63, 3.8) is 0 Å². The molecule has 21 heavy (non-hydrogen) atoms. The molecule has 0 fully saturated rings. The first-order valence-corrected chi connectivity index (χ1v) is 6.67. The molecule has 2 rings (SSSR count). The number of nitrogen functional groups attached to an aromatic ring is 1. The van der Waals surface area contributed by atoms with Gasteiger partial charge in [0.15, 0.2) is 0 Å². The molecule has 0 unspecified atom stereocenters. The third kappa shape index (κ3) is 3.41. The molecule has 0 aliphatic rings. The molecule has 112 valence electrons. The van der Waals surface area contributed by atoms with Gasteiger partial charge in [-0.05, 0) is 26.0 Å². The van der Waals surface area contributed by atoms with Gasteiger partial charge in [0.2, 0.25) is 0 Å². The molecule has 2 aromatic rings. The lowest BCUT2D eigenvalue weighted by Gasteiger charge is -2.21. The molecule has 1 aromatic heterocycles. The minimum absolute atomic E-state index is 0.166. The number of rotatable bonds is 6. The predicted octanol–water partition coefficient (Wildman–Crippen LogP) is 0.990. The zero-order valence-electron chi connectivity index (χ0n) is 12.1. The number of aromatic hydroxyl groups is 1. The van der Waals surface area contributed by atoms with Crippen LogP contribution in [0.5, 0.6) is 5.75 Å². The Hall–Kier alpha value is -2.77. The highest BCUT2D eigenvalue weighted by Crippen LogP contribution is 2.23. The summed E-state index contributed by atoms with van der Waals surface area (Å²) in [5.74, 6) is 6.01. The number of benzene rings is 1. The zero-order chi connectivity index (χ0) is 15.2. The maximum absolute atomic E-state index is 10.0. The highest BCUT2D eigenvalue weighted by molar-refractivity contribution is 5.84. The van der Waals surface area contributed by atoms with E-state index in [1.54, 1.807) is 12.1 Å². The number of hydrazone groups is 1. The molecule has 0 spiro atoms. The van der Waals surface area contributed by atoms with Crippen molar-refractivity contribution < 1.29 is 5.11 Å². The van der Waals surface area contributed by atoms with Crippen molar-refractivity contribution >= 4 is 17.9 Å². The van der Waals surface area contributed by atoms with E-state index in [-0.39, 0.29) is 5.75 Å². The smallest absolute Gasteiger partial charge is 0.263 e. The molecular formula is C13H19N7O. The highest BCUT2D eigenvalue weighted by Gasteiger charge is 2.05. The number of nitrogens with zero attached hydrogens (tertiary/aromatic N) is 5. The Kier molecular flexibility index (Phi) is 4.60. The van der Waals surface area contributed by atoms with Gasteiger partial charge in [-0.15, -0.1) is 10.2 Å². The second kappa shape index (κ2) is 6.60. The van der Waals surface area contributed by atoms with Gasteiger partial charge in [-0.3, -0.25) is 0 Å². The second-order valence-electron chi connectivity index (χ2n) is 4.35. The van der Waals surface area contributed by atoms with E-state index in [0.717, 1.165) is 18.8 Å². The predicted molar refractivity (Wildman–Crippen MR) is 83.1 cm³/mol. The summed E-state index contributed by atoms with van der Waals surface area (Å²) in [5.41, 5.74) is 4.22. The van der Waals surface area contributed by atoms with E-state index in [2.05, 4.69) is 39.5 Å². The molecule has 1 heterocycles. The fourth-order valence-corrected chi connectivity index (χ4v) is 1.91. The minimum Gasteiger partial charge on any atom is -0.507 e. The average Bonchev–Trinajstić information content (AvgIpc) is 2.88. The van der Waals surface area contributed by atoms with Crippen LogP contribution in [0.15, 0.2) is 29.6 Å². The molecule has 0 aliphatic heterocycles. The fourth-order valence-electron chi connectivity index (χ4n) is 1.91. The summed E-state index contributed by atoms with van der Waals surface area (Å²) in [5, 5.41) is 21.3. The third-order valence-electron chi connectivity index (χ3n) is 3.08. The number of anilines is 2. The third-order valence-corrected chi connectivity index (χ3v) is 3.08. The van der Waals surface area contributed by atoms with Crippen LogP contribution in [0.2, 0.25) is 0 Å². The number of aromatic nitrogens is 3. The van der Waals surface area contributed by atoms with E-state index in [1.165, 1.54) is 17.2 Å². The number of nitrogens with one attached hydrogen (secondary N) is 1. The summed E-state index contributed by atoms with van der Waals surface area (Å²) in [6, 6.07) is 5.47. The lowest BCUT2D eigenvalue weighted by atomic mass is 10.2. The summed E-state index contributed by atoms with van der Waals surface area (Å²) in [6.45, 7) is 5.92. The normalized spacial score (nSPS) is 11.0. The lowest BCUT2D eigenvalue weighted by molar-refractivity contribution is 0.474. The van der Waals surface area contributed by atoms with Gasteiger partial charge in [-0.2, -0.15) is 5.10 Å². The van der Waals surface area contributed by atoms with Crippen molar-refractivity contribution in [3.8, 4) is 5.75 Å². The van der Waals surface area contributed by atoms with Crippen LogP contribution in [0.25, 0.3) is 0 Å². The van der Waals surface area contributed by atoms with Crippen LogP contribution >= 0.6 is 0 Å². The number of hydrogen-bond donors (Lipinski definition) is 3. The van der Waals surface area contributed by atoms with Gasteiger partial charge >= 0.3 is 0 Å². The van der Waals surface area contributed by atoms with E-state index in [9.17, 15) is 5.11 Å². The topological polar surface area (TPSA) is 105 Å². The van der Waals surface area contributed by atoms with Crippen molar-refractivity contribution in [1.82, 2.24) is 14.9 Å². The van der Waals surface area contributed by atoms with E-state index in [4.69, 9.17) is 5.84 Å². The van der Waals surface area contributed by atoms with Crippen molar-refractivity contribution in [3.05, 3.63) is 30.1 Å². The van der Waals surface area contributed by atoms with Crippen molar-refractivity contribution in [2.45, 2.75) is 13.8 Å². The maximum atomic E-state index is 10.0. The summed E-state index contributed by atoms with van der Waals surface area (Å²) < 4.78 is 1.21. The molecule has 0 saturated carbocycles. The molecular weight excluding hydrogens is 270 g/mol. The number of phenolic OH excluding ortho intramolecular Hbond substituents is 1. The Morgan fingerprint density at radius 3 is 2.76 bits per heavy atom. The summed E-state index contributed by atoms with van der Waals surface area (Å²) >= 11 is 0. The second-order valence-corrected chi connectivity index (χ2v) is 4.35. The van der Waals surface area contributed by atoms with Gasteiger partial charge in [0.1, 0.15) is 12.1 Å². The van der Waals surface area contributed by atoms with E-state index < -0.39 is 0 Å². The molecule has 8 nitrogen and oxygen atoms in total. The minimum atomic E-state index is 0.166. The Bertz CT molecular complexity index is 619. The summed E-state index contributed by atoms with van der Waals surface area (Å²) in [6.07, 6.45) is 2.85. The van der Waals surface area contributed by atoms with Gasteiger partial charge in [0.25, 0.3) is 5.95 Å². The number of hydrogen-bond acceptors (Lipinski definition) is 7. The van der Waals surface area contributed by atoms with Gasteiger partial charge in [0.05, 0.1) is 6.21 Å². The molecule has 0 radical (unpaired) electrons. The first-order chi connectivity index (χ1) is 10.2. The van der Waals surface area contributed by atoms with Gasteiger partial charge < -0.3 is 15.8 Å². The lowest BCUT2D eigenvalue weighted by Crippen LogP contribution is -2.21. The van der Waals surface area contributed by atoms with Crippen LogP contribution in [0.4, 0.5) is 11.6 Å². The Balaban J connectivity index is 2.09. The number of nitrogens with two attached hydrogens (primary N) is 1. The molecule has 0 atom stereocenters. The first-order valence-electron chi connectivity index (χ1n) is 6.67.